The SMILES string of the molecule is Cc1nc(C)c(CNC(=O)Nc2cc(F)ccc2-n2cccn2)s1. The van der Waals surface area contributed by atoms with E-state index in [0.717, 1.165) is 15.6 Å². The maximum Gasteiger partial charge on any atom is 0.319 e. The van der Waals surface area contributed by atoms with E-state index in [9.17, 15) is 9.18 Å². The number of carbonyl (C=O) groups is 1. The molecule has 1 aromatic carbocycles. The summed E-state index contributed by atoms with van der Waals surface area (Å²) in [5.41, 5.74) is 1.83. The number of halogens is 1. The van der Waals surface area contributed by atoms with Crippen molar-refractivity contribution in [2.45, 2.75) is 20.4 Å². The minimum absolute atomic E-state index is 0.341. The first kappa shape index (κ1) is 16.1. The van der Waals surface area contributed by atoms with Crippen molar-refractivity contribution in [2.24, 2.45) is 0 Å². The number of rotatable bonds is 4. The van der Waals surface area contributed by atoms with Gasteiger partial charge >= 0.3 is 6.03 Å². The maximum atomic E-state index is 13.5. The van der Waals surface area contributed by atoms with Crippen LogP contribution < -0.4 is 10.6 Å². The molecule has 0 radical (unpaired) electrons. The van der Waals surface area contributed by atoms with Gasteiger partial charge in [-0.05, 0) is 38.1 Å². The zero-order chi connectivity index (χ0) is 17.1. The highest BCUT2D eigenvalue weighted by Gasteiger charge is 2.11. The van der Waals surface area contributed by atoms with Crippen molar-refractivity contribution in [3.05, 3.63) is 58.1 Å². The van der Waals surface area contributed by atoms with E-state index in [2.05, 4.69) is 20.7 Å². The van der Waals surface area contributed by atoms with Gasteiger partial charge in [-0.3, -0.25) is 0 Å². The number of anilines is 1. The van der Waals surface area contributed by atoms with Crippen molar-refractivity contribution in [3.8, 4) is 5.69 Å². The van der Waals surface area contributed by atoms with E-state index < -0.39 is 11.8 Å². The summed E-state index contributed by atoms with van der Waals surface area (Å²) in [6, 6.07) is 5.48. The second-order valence-corrected chi connectivity index (χ2v) is 6.45. The zero-order valence-electron chi connectivity index (χ0n) is 13.2. The molecule has 0 saturated heterocycles. The molecule has 0 saturated carbocycles. The predicted octanol–water partition coefficient (Wildman–Crippen LogP) is 3.41. The summed E-state index contributed by atoms with van der Waals surface area (Å²) < 4.78 is 15.1. The molecule has 2 N–H and O–H groups in total. The number of carbonyl (C=O) groups excluding carboxylic acids is 1. The van der Waals surface area contributed by atoms with E-state index in [0.29, 0.717) is 17.9 Å². The fraction of sp³-hybridized carbons (Fsp3) is 0.188. The molecule has 2 amide bonds. The van der Waals surface area contributed by atoms with Crippen molar-refractivity contribution in [1.82, 2.24) is 20.1 Å². The van der Waals surface area contributed by atoms with E-state index in [4.69, 9.17) is 0 Å². The molecule has 0 unspecified atom stereocenters. The number of nitrogens with one attached hydrogen (secondary N) is 2. The van der Waals surface area contributed by atoms with E-state index >= 15 is 0 Å². The maximum absolute atomic E-state index is 13.5. The number of amides is 2. The normalized spacial score (nSPS) is 10.6. The molecule has 0 spiro atoms. The molecule has 8 heteroatoms. The summed E-state index contributed by atoms with van der Waals surface area (Å²) in [5.74, 6) is -0.435. The molecule has 6 nitrogen and oxygen atoms in total. The molecule has 2 heterocycles. The lowest BCUT2D eigenvalue weighted by Gasteiger charge is -2.12. The highest BCUT2D eigenvalue weighted by Crippen LogP contribution is 2.21. The summed E-state index contributed by atoms with van der Waals surface area (Å²) in [5, 5.41) is 10.5. The van der Waals surface area contributed by atoms with E-state index in [-0.39, 0.29) is 0 Å². The van der Waals surface area contributed by atoms with E-state index in [1.54, 1.807) is 29.2 Å². The number of nitrogens with zero attached hydrogens (tertiary/aromatic N) is 3. The summed E-state index contributed by atoms with van der Waals surface area (Å²) in [7, 11) is 0. The Bertz CT molecular complexity index is 859. The molecule has 0 aliphatic rings. The molecule has 0 aliphatic carbocycles. The zero-order valence-corrected chi connectivity index (χ0v) is 14.0. The Hall–Kier alpha value is -2.74. The van der Waals surface area contributed by atoms with Crippen LogP contribution in [0, 0.1) is 19.7 Å². The number of hydrogen-bond acceptors (Lipinski definition) is 4. The molecule has 2 aromatic heterocycles. The monoisotopic (exact) mass is 345 g/mol. The topological polar surface area (TPSA) is 71.8 Å². The smallest absolute Gasteiger partial charge is 0.319 e. The molecular formula is C16H16FN5OS. The predicted molar refractivity (Wildman–Crippen MR) is 91.0 cm³/mol. The molecule has 0 fully saturated rings. The Morgan fingerprint density at radius 1 is 1.38 bits per heavy atom. The highest BCUT2D eigenvalue weighted by molar-refractivity contribution is 7.11. The lowest BCUT2D eigenvalue weighted by Crippen LogP contribution is -2.28. The first-order valence-corrected chi connectivity index (χ1v) is 8.12. The van der Waals surface area contributed by atoms with Gasteiger partial charge in [-0.15, -0.1) is 11.3 Å². The van der Waals surface area contributed by atoms with Gasteiger partial charge in [-0.1, -0.05) is 0 Å². The van der Waals surface area contributed by atoms with Gasteiger partial charge in [-0.2, -0.15) is 5.10 Å². The van der Waals surface area contributed by atoms with Crippen LogP contribution in [0.2, 0.25) is 0 Å². The Labute approximate surface area is 142 Å². The number of thiazole rings is 1. The van der Waals surface area contributed by atoms with Crippen LogP contribution in [0.3, 0.4) is 0 Å². The van der Waals surface area contributed by atoms with Crippen LogP contribution in [0.5, 0.6) is 0 Å². The average Bonchev–Trinajstić information content (AvgIpc) is 3.15. The third kappa shape index (κ3) is 3.60. The summed E-state index contributed by atoms with van der Waals surface area (Å²) in [4.78, 5) is 17.5. The van der Waals surface area contributed by atoms with Crippen LogP contribution in [-0.4, -0.2) is 20.8 Å². The van der Waals surface area contributed by atoms with Gasteiger partial charge in [0.25, 0.3) is 0 Å². The first-order valence-electron chi connectivity index (χ1n) is 7.30. The standard InChI is InChI=1S/C16H16FN5OS/c1-10-15(24-11(2)20-10)9-18-16(23)21-13-8-12(17)4-5-14(13)22-7-3-6-19-22/h3-8H,9H2,1-2H3,(H2,18,21,23). The third-order valence-electron chi connectivity index (χ3n) is 3.37. The molecule has 0 atom stereocenters. The summed E-state index contributed by atoms with van der Waals surface area (Å²) >= 11 is 1.54. The number of benzene rings is 1. The van der Waals surface area contributed by atoms with Crippen molar-refractivity contribution in [1.29, 1.82) is 0 Å². The Balaban J connectivity index is 1.72. The van der Waals surface area contributed by atoms with Gasteiger partial charge in [0.1, 0.15) is 5.82 Å². The van der Waals surface area contributed by atoms with E-state index in [1.165, 1.54) is 23.5 Å². The number of aryl methyl sites for hydroxylation is 2. The minimum Gasteiger partial charge on any atom is -0.333 e. The van der Waals surface area contributed by atoms with Crippen LogP contribution in [0.15, 0.2) is 36.7 Å². The van der Waals surface area contributed by atoms with Crippen LogP contribution in [0.25, 0.3) is 5.69 Å². The molecule has 3 aromatic rings. The Morgan fingerprint density at radius 2 is 2.21 bits per heavy atom. The molecule has 0 bridgehead atoms. The quantitative estimate of drug-likeness (QED) is 0.761. The van der Waals surface area contributed by atoms with Gasteiger partial charge in [0, 0.05) is 17.3 Å². The second kappa shape index (κ2) is 6.79. The van der Waals surface area contributed by atoms with Gasteiger partial charge in [0.2, 0.25) is 0 Å². The largest absolute Gasteiger partial charge is 0.333 e. The molecule has 24 heavy (non-hydrogen) atoms. The second-order valence-electron chi connectivity index (χ2n) is 5.16. The third-order valence-corrected chi connectivity index (χ3v) is 4.44. The fourth-order valence-corrected chi connectivity index (χ4v) is 3.16. The number of hydrogen-bond donors (Lipinski definition) is 2. The van der Waals surface area contributed by atoms with Crippen molar-refractivity contribution in [2.75, 3.05) is 5.32 Å². The molecule has 0 aliphatic heterocycles. The summed E-state index contributed by atoms with van der Waals surface area (Å²) in [6.45, 7) is 4.20. The average molecular weight is 345 g/mol. The highest BCUT2D eigenvalue weighted by atomic mass is 32.1. The van der Waals surface area contributed by atoms with Gasteiger partial charge in [0.05, 0.1) is 28.6 Å². The van der Waals surface area contributed by atoms with Gasteiger partial charge in [0.15, 0.2) is 0 Å². The molecule has 124 valence electrons. The molecular weight excluding hydrogens is 329 g/mol. The van der Waals surface area contributed by atoms with Crippen LogP contribution in [0.4, 0.5) is 14.9 Å². The number of aromatic nitrogens is 3. The van der Waals surface area contributed by atoms with Gasteiger partial charge in [-0.25, -0.2) is 18.9 Å². The van der Waals surface area contributed by atoms with Crippen molar-refractivity contribution in [3.63, 3.8) is 0 Å². The summed E-state index contributed by atoms with van der Waals surface area (Å²) in [6.07, 6.45) is 3.34. The Morgan fingerprint density at radius 3 is 2.88 bits per heavy atom. The van der Waals surface area contributed by atoms with E-state index in [1.807, 2.05) is 13.8 Å². The fourth-order valence-electron chi connectivity index (χ4n) is 2.28. The lowest BCUT2D eigenvalue weighted by molar-refractivity contribution is 0.252. The molecule has 3 rings (SSSR count). The first-order chi connectivity index (χ1) is 11.5. The van der Waals surface area contributed by atoms with Crippen molar-refractivity contribution >= 4 is 23.1 Å². The Kier molecular flexibility index (Phi) is 4.57. The van der Waals surface area contributed by atoms with Crippen LogP contribution >= 0.6 is 11.3 Å². The lowest BCUT2D eigenvalue weighted by atomic mass is 10.2. The van der Waals surface area contributed by atoms with Gasteiger partial charge < -0.3 is 10.6 Å². The van der Waals surface area contributed by atoms with Crippen LogP contribution in [-0.2, 0) is 6.54 Å². The van der Waals surface area contributed by atoms with Crippen molar-refractivity contribution < 1.29 is 9.18 Å². The number of urea groups is 1. The van der Waals surface area contributed by atoms with Crippen LogP contribution in [0.1, 0.15) is 15.6 Å². The minimum atomic E-state index is -0.435.